The maximum atomic E-state index is 12.3. The fourth-order valence-corrected chi connectivity index (χ4v) is 2.15. The molecule has 0 saturated carbocycles. The molecule has 0 saturated heterocycles. The van der Waals surface area contributed by atoms with Crippen LogP contribution in [0.4, 0.5) is 0 Å². The highest BCUT2D eigenvalue weighted by Crippen LogP contribution is 2.08. The first kappa shape index (κ1) is 15.2. The summed E-state index contributed by atoms with van der Waals surface area (Å²) in [6.45, 7) is 4.13. The number of carbonyl (C=O) groups excluding carboxylic acids is 1. The fraction of sp³-hybridized carbons (Fsp3) is 0.400. The van der Waals surface area contributed by atoms with Crippen LogP contribution in [-0.4, -0.2) is 35.2 Å². The first-order chi connectivity index (χ1) is 10.0. The quantitative estimate of drug-likeness (QED) is 0.886. The molecule has 1 unspecified atom stereocenters. The van der Waals surface area contributed by atoms with Crippen molar-refractivity contribution in [2.75, 3.05) is 13.7 Å². The number of aromatic nitrogens is 2. The molecule has 1 heterocycles. The molecule has 112 valence electrons. The van der Waals surface area contributed by atoms with Crippen molar-refractivity contribution in [1.82, 2.24) is 14.9 Å². The molecule has 0 spiro atoms. The standard InChI is InChI=1S/C15H19N3O3/c1-10-4-5-13-12(6-10)15(20)18(9-16-13)7-14(19)17-11(2)8-21-3/h4-6,9,11H,7-8H2,1-3H3,(H,17,19). The van der Waals surface area contributed by atoms with E-state index in [2.05, 4.69) is 10.3 Å². The molecule has 0 aliphatic heterocycles. The summed E-state index contributed by atoms with van der Waals surface area (Å²) in [7, 11) is 1.57. The first-order valence-corrected chi connectivity index (χ1v) is 6.75. The number of nitrogens with zero attached hydrogens (tertiary/aromatic N) is 2. The smallest absolute Gasteiger partial charge is 0.261 e. The number of benzene rings is 1. The Labute approximate surface area is 122 Å². The number of hydrogen-bond acceptors (Lipinski definition) is 4. The summed E-state index contributed by atoms with van der Waals surface area (Å²) in [5, 5.41) is 3.29. The second-order valence-electron chi connectivity index (χ2n) is 5.12. The van der Waals surface area contributed by atoms with Gasteiger partial charge in [-0.25, -0.2) is 4.98 Å². The highest BCUT2D eigenvalue weighted by Gasteiger charge is 2.10. The number of ether oxygens (including phenoxy) is 1. The van der Waals surface area contributed by atoms with Crippen molar-refractivity contribution in [3.63, 3.8) is 0 Å². The molecule has 1 atom stereocenters. The van der Waals surface area contributed by atoms with Crippen molar-refractivity contribution in [1.29, 1.82) is 0 Å². The zero-order valence-corrected chi connectivity index (χ0v) is 12.4. The SMILES string of the molecule is COCC(C)NC(=O)Cn1cnc2ccc(C)cc2c1=O. The molecule has 6 heteroatoms. The van der Waals surface area contributed by atoms with Crippen molar-refractivity contribution in [2.45, 2.75) is 26.4 Å². The Kier molecular flexibility index (Phi) is 4.70. The minimum Gasteiger partial charge on any atom is -0.383 e. The third-order valence-electron chi connectivity index (χ3n) is 3.12. The van der Waals surface area contributed by atoms with Crippen molar-refractivity contribution in [3.05, 3.63) is 40.4 Å². The summed E-state index contributed by atoms with van der Waals surface area (Å²) < 4.78 is 6.27. The molecule has 2 rings (SSSR count). The van der Waals surface area contributed by atoms with Gasteiger partial charge in [0.15, 0.2) is 0 Å². The van der Waals surface area contributed by atoms with Gasteiger partial charge >= 0.3 is 0 Å². The van der Waals surface area contributed by atoms with Crippen molar-refractivity contribution in [3.8, 4) is 0 Å². The van der Waals surface area contributed by atoms with Crippen LogP contribution in [0.25, 0.3) is 10.9 Å². The van der Waals surface area contributed by atoms with E-state index < -0.39 is 0 Å². The molecule has 21 heavy (non-hydrogen) atoms. The molecule has 1 aromatic carbocycles. The Bertz CT molecular complexity index is 709. The summed E-state index contributed by atoms with van der Waals surface area (Å²) in [4.78, 5) is 28.5. The number of carbonyl (C=O) groups is 1. The van der Waals surface area contributed by atoms with Gasteiger partial charge in [0.25, 0.3) is 5.56 Å². The third-order valence-corrected chi connectivity index (χ3v) is 3.12. The van der Waals surface area contributed by atoms with Crippen molar-refractivity contribution in [2.24, 2.45) is 0 Å². The summed E-state index contributed by atoms with van der Waals surface area (Å²) >= 11 is 0. The van der Waals surface area contributed by atoms with Gasteiger partial charge in [0.1, 0.15) is 6.54 Å². The topological polar surface area (TPSA) is 73.2 Å². The maximum absolute atomic E-state index is 12.3. The molecule has 1 aromatic heterocycles. The van der Waals surface area contributed by atoms with Crippen LogP contribution in [0.1, 0.15) is 12.5 Å². The number of amides is 1. The predicted octanol–water partition coefficient (Wildman–Crippen LogP) is 0.856. The second-order valence-corrected chi connectivity index (χ2v) is 5.12. The molecule has 1 N–H and O–H groups in total. The predicted molar refractivity (Wildman–Crippen MR) is 80.2 cm³/mol. The van der Waals surface area contributed by atoms with E-state index in [9.17, 15) is 9.59 Å². The van der Waals surface area contributed by atoms with Crippen molar-refractivity contribution < 1.29 is 9.53 Å². The van der Waals surface area contributed by atoms with Gasteiger partial charge in [-0.15, -0.1) is 0 Å². The van der Waals surface area contributed by atoms with E-state index in [1.807, 2.05) is 19.9 Å². The van der Waals surface area contributed by atoms with Crippen LogP contribution < -0.4 is 10.9 Å². The molecule has 0 bridgehead atoms. The molecule has 6 nitrogen and oxygen atoms in total. The minimum absolute atomic E-state index is 0.0518. The molecule has 1 amide bonds. The molecule has 0 fully saturated rings. The lowest BCUT2D eigenvalue weighted by Crippen LogP contribution is -2.39. The molecule has 0 radical (unpaired) electrons. The normalized spacial score (nSPS) is 12.3. The number of nitrogens with one attached hydrogen (secondary N) is 1. The number of fused-ring (bicyclic) bond motifs is 1. The van der Waals surface area contributed by atoms with E-state index in [-0.39, 0.29) is 24.1 Å². The van der Waals surface area contributed by atoms with Crippen LogP contribution in [0, 0.1) is 6.92 Å². The lowest BCUT2D eigenvalue weighted by atomic mass is 10.2. The maximum Gasteiger partial charge on any atom is 0.261 e. The Morgan fingerprint density at radius 2 is 2.24 bits per heavy atom. The van der Waals surface area contributed by atoms with Gasteiger partial charge in [0.05, 0.1) is 23.8 Å². The lowest BCUT2D eigenvalue weighted by Gasteiger charge is -2.13. The monoisotopic (exact) mass is 289 g/mol. The zero-order valence-electron chi connectivity index (χ0n) is 12.4. The number of aryl methyl sites for hydroxylation is 1. The van der Waals surface area contributed by atoms with Gasteiger partial charge in [0.2, 0.25) is 5.91 Å². The fourth-order valence-electron chi connectivity index (χ4n) is 2.15. The largest absolute Gasteiger partial charge is 0.383 e. The van der Waals surface area contributed by atoms with Gasteiger partial charge in [-0.2, -0.15) is 0 Å². The highest BCUT2D eigenvalue weighted by atomic mass is 16.5. The summed E-state index contributed by atoms with van der Waals surface area (Å²) in [6, 6.07) is 5.39. The Hall–Kier alpha value is -2.21. The van der Waals surface area contributed by atoms with Crippen LogP contribution in [0.15, 0.2) is 29.3 Å². The Morgan fingerprint density at radius 3 is 2.95 bits per heavy atom. The molecule has 2 aromatic rings. The Morgan fingerprint density at radius 1 is 1.48 bits per heavy atom. The van der Waals surface area contributed by atoms with E-state index in [4.69, 9.17) is 4.74 Å². The van der Waals surface area contributed by atoms with Crippen LogP contribution in [0.2, 0.25) is 0 Å². The summed E-state index contributed by atoms with van der Waals surface area (Å²) in [5.74, 6) is -0.240. The summed E-state index contributed by atoms with van der Waals surface area (Å²) in [6.07, 6.45) is 1.40. The van der Waals surface area contributed by atoms with Gasteiger partial charge in [-0.05, 0) is 26.0 Å². The van der Waals surface area contributed by atoms with E-state index in [0.29, 0.717) is 17.5 Å². The van der Waals surface area contributed by atoms with Gasteiger partial charge in [-0.1, -0.05) is 11.6 Å². The highest BCUT2D eigenvalue weighted by molar-refractivity contribution is 5.79. The molecular weight excluding hydrogens is 270 g/mol. The van der Waals surface area contributed by atoms with Crippen LogP contribution in [0.5, 0.6) is 0 Å². The molecule has 0 aliphatic carbocycles. The number of rotatable bonds is 5. The molecular formula is C15H19N3O3. The van der Waals surface area contributed by atoms with E-state index in [1.54, 1.807) is 19.2 Å². The average molecular weight is 289 g/mol. The number of hydrogen-bond donors (Lipinski definition) is 1. The van der Waals surface area contributed by atoms with E-state index in [1.165, 1.54) is 10.9 Å². The Balaban J connectivity index is 2.21. The summed E-state index contributed by atoms with van der Waals surface area (Å²) in [5.41, 5.74) is 1.41. The first-order valence-electron chi connectivity index (χ1n) is 6.75. The molecule has 0 aliphatic rings. The second kappa shape index (κ2) is 6.49. The van der Waals surface area contributed by atoms with E-state index in [0.717, 1.165) is 5.56 Å². The minimum atomic E-state index is -0.240. The van der Waals surface area contributed by atoms with E-state index >= 15 is 0 Å². The van der Waals surface area contributed by atoms with Gasteiger partial charge in [-0.3, -0.25) is 14.2 Å². The van der Waals surface area contributed by atoms with Crippen LogP contribution >= 0.6 is 0 Å². The third kappa shape index (κ3) is 3.66. The van der Waals surface area contributed by atoms with Gasteiger partial charge < -0.3 is 10.1 Å². The van der Waals surface area contributed by atoms with Gasteiger partial charge in [0, 0.05) is 13.2 Å². The van der Waals surface area contributed by atoms with Crippen LogP contribution in [0.3, 0.4) is 0 Å². The van der Waals surface area contributed by atoms with Crippen molar-refractivity contribution >= 4 is 16.8 Å². The average Bonchev–Trinajstić information content (AvgIpc) is 2.42. The number of methoxy groups -OCH3 is 1. The zero-order chi connectivity index (χ0) is 15.4. The van der Waals surface area contributed by atoms with Crippen LogP contribution in [-0.2, 0) is 16.1 Å². The lowest BCUT2D eigenvalue weighted by molar-refractivity contribution is -0.122.